The summed E-state index contributed by atoms with van der Waals surface area (Å²) in [7, 11) is 0. The summed E-state index contributed by atoms with van der Waals surface area (Å²) < 4.78 is 11.2. The maximum absolute atomic E-state index is 12.1. The van der Waals surface area contributed by atoms with Gasteiger partial charge in [-0.05, 0) is 40.5 Å². The molecule has 1 fully saturated rings. The molecular formula is C16H25N3O3. The molecule has 1 aliphatic rings. The minimum Gasteiger partial charge on any atom is -0.476 e. The van der Waals surface area contributed by atoms with E-state index in [1.165, 1.54) is 0 Å². The van der Waals surface area contributed by atoms with Crippen molar-refractivity contribution in [2.45, 2.75) is 46.1 Å². The van der Waals surface area contributed by atoms with Crippen LogP contribution in [0.25, 0.3) is 0 Å². The zero-order chi connectivity index (χ0) is 16.2. The minimum absolute atomic E-state index is 0.243. The summed E-state index contributed by atoms with van der Waals surface area (Å²) in [6.45, 7) is 9.46. The molecule has 1 saturated heterocycles. The van der Waals surface area contributed by atoms with Crippen LogP contribution in [0.4, 0.5) is 4.79 Å². The van der Waals surface area contributed by atoms with Crippen molar-refractivity contribution < 1.29 is 14.3 Å². The number of ether oxygens (including phenoxy) is 2. The first-order valence-electron chi connectivity index (χ1n) is 7.73. The molecule has 1 atom stereocenters. The SMILES string of the molecule is Cc1nccnc1OC[C@H]1CCCN(C(=O)OC(C)(C)C)C1. The van der Waals surface area contributed by atoms with Crippen molar-refractivity contribution in [3.63, 3.8) is 0 Å². The predicted octanol–water partition coefficient (Wildman–Crippen LogP) is 2.81. The third-order valence-corrected chi connectivity index (χ3v) is 3.46. The molecule has 0 spiro atoms. The Morgan fingerprint density at radius 3 is 2.77 bits per heavy atom. The van der Waals surface area contributed by atoms with Gasteiger partial charge in [0.15, 0.2) is 0 Å². The quantitative estimate of drug-likeness (QED) is 0.859. The number of hydrogen-bond donors (Lipinski definition) is 0. The molecule has 122 valence electrons. The lowest BCUT2D eigenvalue weighted by Gasteiger charge is -2.33. The van der Waals surface area contributed by atoms with E-state index >= 15 is 0 Å². The fraction of sp³-hybridized carbons (Fsp3) is 0.688. The van der Waals surface area contributed by atoms with Gasteiger partial charge in [0.05, 0.1) is 12.3 Å². The molecule has 0 unspecified atom stereocenters. The molecule has 0 bridgehead atoms. The summed E-state index contributed by atoms with van der Waals surface area (Å²) in [5, 5.41) is 0. The van der Waals surface area contributed by atoms with Gasteiger partial charge in [0.25, 0.3) is 0 Å². The number of piperidine rings is 1. The molecule has 6 nitrogen and oxygen atoms in total. The number of rotatable bonds is 3. The number of carbonyl (C=O) groups is 1. The Morgan fingerprint density at radius 2 is 2.09 bits per heavy atom. The van der Waals surface area contributed by atoms with Crippen molar-refractivity contribution in [3.05, 3.63) is 18.1 Å². The summed E-state index contributed by atoms with van der Waals surface area (Å²) in [5.74, 6) is 0.861. The number of hydrogen-bond acceptors (Lipinski definition) is 5. The van der Waals surface area contributed by atoms with Crippen LogP contribution in [0.3, 0.4) is 0 Å². The Balaban J connectivity index is 1.86. The van der Waals surface area contributed by atoms with E-state index in [1.807, 2.05) is 27.7 Å². The van der Waals surface area contributed by atoms with Crippen LogP contribution in [-0.4, -0.2) is 46.3 Å². The van der Waals surface area contributed by atoms with Gasteiger partial charge in [0, 0.05) is 31.4 Å². The van der Waals surface area contributed by atoms with E-state index in [0.29, 0.717) is 24.9 Å². The number of likely N-dealkylation sites (tertiary alicyclic amines) is 1. The molecule has 0 radical (unpaired) electrons. The summed E-state index contributed by atoms with van der Waals surface area (Å²) in [6, 6.07) is 0. The van der Waals surface area contributed by atoms with E-state index in [-0.39, 0.29) is 6.09 Å². The minimum atomic E-state index is -0.461. The van der Waals surface area contributed by atoms with Gasteiger partial charge in [0.2, 0.25) is 5.88 Å². The van der Waals surface area contributed by atoms with Crippen LogP contribution < -0.4 is 4.74 Å². The number of carbonyl (C=O) groups excluding carboxylic acids is 1. The van der Waals surface area contributed by atoms with Crippen LogP contribution in [0.2, 0.25) is 0 Å². The van der Waals surface area contributed by atoms with E-state index in [4.69, 9.17) is 9.47 Å². The maximum atomic E-state index is 12.1. The summed E-state index contributed by atoms with van der Waals surface area (Å²) in [6.07, 6.45) is 5.03. The molecule has 6 heteroatoms. The van der Waals surface area contributed by atoms with Crippen molar-refractivity contribution in [2.75, 3.05) is 19.7 Å². The fourth-order valence-corrected chi connectivity index (χ4v) is 2.43. The Hall–Kier alpha value is -1.85. The molecule has 2 rings (SSSR count). The summed E-state index contributed by atoms with van der Waals surface area (Å²) >= 11 is 0. The van der Waals surface area contributed by atoms with Gasteiger partial charge in [-0.1, -0.05) is 0 Å². The predicted molar refractivity (Wildman–Crippen MR) is 82.8 cm³/mol. The van der Waals surface area contributed by atoms with Crippen molar-refractivity contribution in [1.29, 1.82) is 0 Å². The van der Waals surface area contributed by atoms with Crippen LogP contribution >= 0.6 is 0 Å². The Kier molecular flexibility index (Phi) is 5.21. The largest absolute Gasteiger partial charge is 0.476 e. The molecule has 1 aromatic heterocycles. The number of nitrogens with zero attached hydrogens (tertiary/aromatic N) is 3. The molecule has 2 heterocycles. The van der Waals surface area contributed by atoms with E-state index in [9.17, 15) is 4.79 Å². The van der Waals surface area contributed by atoms with Gasteiger partial charge in [-0.2, -0.15) is 0 Å². The molecule has 22 heavy (non-hydrogen) atoms. The molecule has 0 saturated carbocycles. The number of aryl methyl sites for hydroxylation is 1. The Labute approximate surface area is 131 Å². The zero-order valence-electron chi connectivity index (χ0n) is 13.8. The van der Waals surface area contributed by atoms with Crippen molar-refractivity contribution in [2.24, 2.45) is 5.92 Å². The lowest BCUT2D eigenvalue weighted by Crippen LogP contribution is -2.44. The van der Waals surface area contributed by atoms with Crippen LogP contribution in [0.1, 0.15) is 39.3 Å². The first kappa shape index (κ1) is 16.5. The standard InChI is InChI=1S/C16H25N3O3/c1-12-14(18-8-7-17-12)21-11-13-6-5-9-19(10-13)15(20)22-16(2,3)4/h7-8,13H,5-6,9-11H2,1-4H3/t13-/m0/s1. The van der Waals surface area contributed by atoms with Gasteiger partial charge in [-0.25, -0.2) is 9.78 Å². The van der Waals surface area contributed by atoms with E-state index in [0.717, 1.165) is 25.1 Å². The second-order valence-electron chi connectivity index (χ2n) is 6.69. The average molecular weight is 307 g/mol. The smallest absolute Gasteiger partial charge is 0.410 e. The normalized spacial score (nSPS) is 18.9. The van der Waals surface area contributed by atoms with Gasteiger partial charge < -0.3 is 14.4 Å². The molecule has 0 aromatic carbocycles. The summed E-state index contributed by atoms with van der Waals surface area (Å²) in [5.41, 5.74) is 0.319. The van der Waals surface area contributed by atoms with Crippen molar-refractivity contribution in [3.8, 4) is 5.88 Å². The highest BCUT2D eigenvalue weighted by molar-refractivity contribution is 5.68. The molecule has 0 aliphatic carbocycles. The van der Waals surface area contributed by atoms with Gasteiger partial charge in [0.1, 0.15) is 5.60 Å². The highest BCUT2D eigenvalue weighted by Crippen LogP contribution is 2.20. The van der Waals surface area contributed by atoms with Crippen LogP contribution in [0.5, 0.6) is 5.88 Å². The van der Waals surface area contributed by atoms with Crippen LogP contribution in [0, 0.1) is 12.8 Å². The first-order valence-corrected chi connectivity index (χ1v) is 7.73. The second-order valence-corrected chi connectivity index (χ2v) is 6.69. The summed E-state index contributed by atoms with van der Waals surface area (Å²) in [4.78, 5) is 22.2. The fourth-order valence-electron chi connectivity index (χ4n) is 2.43. The number of amides is 1. The zero-order valence-corrected chi connectivity index (χ0v) is 13.8. The molecule has 1 aliphatic heterocycles. The second kappa shape index (κ2) is 6.94. The molecule has 1 amide bonds. The maximum Gasteiger partial charge on any atom is 0.410 e. The van der Waals surface area contributed by atoms with Crippen molar-refractivity contribution in [1.82, 2.24) is 14.9 Å². The van der Waals surface area contributed by atoms with Gasteiger partial charge in [-0.15, -0.1) is 0 Å². The van der Waals surface area contributed by atoms with Gasteiger partial charge in [-0.3, -0.25) is 4.98 Å². The molecule has 1 aromatic rings. The van der Waals surface area contributed by atoms with Crippen LogP contribution in [-0.2, 0) is 4.74 Å². The highest BCUT2D eigenvalue weighted by Gasteiger charge is 2.28. The molecule has 0 N–H and O–H groups in total. The first-order chi connectivity index (χ1) is 10.3. The van der Waals surface area contributed by atoms with Crippen molar-refractivity contribution >= 4 is 6.09 Å². The monoisotopic (exact) mass is 307 g/mol. The average Bonchev–Trinajstić information content (AvgIpc) is 2.45. The van der Waals surface area contributed by atoms with E-state index < -0.39 is 5.60 Å². The lowest BCUT2D eigenvalue weighted by molar-refractivity contribution is 0.0138. The van der Waals surface area contributed by atoms with E-state index in [1.54, 1.807) is 17.3 Å². The molecular weight excluding hydrogens is 282 g/mol. The Morgan fingerprint density at radius 1 is 1.36 bits per heavy atom. The highest BCUT2D eigenvalue weighted by atomic mass is 16.6. The number of aromatic nitrogens is 2. The van der Waals surface area contributed by atoms with Gasteiger partial charge >= 0.3 is 6.09 Å². The van der Waals surface area contributed by atoms with Crippen LogP contribution in [0.15, 0.2) is 12.4 Å². The third-order valence-electron chi connectivity index (χ3n) is 3.46. The topological polar surface area (TPSA) is 64.6 Å². The Bertz CT molecular complexity index is 514. The lowest BCUT2D eigenvalue weighted by atomic mass is 9.99. The van der Waals surface area contributed by atoms with E-state index in [2.05, 4.69) is 9.97 Å². The third kappa shape index (κ3) is 4.86.